The maximum atomic E-state index is 5.84. The highest BCUT2D eigenvalue weighted by Crippen LogP contribution is 2.42. The van der Waals surface area contributed by atoms with Crippen molar-refractivity contribution in [3.8, 4) is 0 Å². The zero-order valence-corrected chi connectivity index (χ0v) is 5.59. The van der Waals surface area contributed by atoms with E-state index in [9.17, 15) is 0 Å². The van der Waals surface area contributed by atoms with Gasteiger partial charge in [0.2, 0.25) is 0 Å². The quantitative estimate of drug-likeness (QED) is 0.482. The predicted molar refractivity (Wildman–Crippen MR) is 36.8 cm³/mol. The molecule has 2 fully saturated rings. The molecule has 0 aromatic heterocycles. The molecule has 0 spiro atoms. The zero-order valence-electron chi connectivity index (χ0n) is 5.59. The van der Waals surface area contributed by atoms with Gasteiger partial charge in [-0.25, -0.2) is 0 Å². The van der Waals surface area contributed by atoms with Gasteiger partial charge in [-0.2, -0.15) is 0 Å². The summed E-state index contributed by atoms with van der Waals surface area (Å²) in [7, 11) is 0. The van der Waals surface area contributed by atoms with Crippen molar-refractivity contribution < 1.29 is 0 Å². The molecule has 2 bridgehead atoms. The molecule has 0 aromatic carbocycles. The third-order valence-corrected chi connectivity index (χ3v) is 3.05. The van der Waals surface area contributed by atoms with Gasteiger partial charge in [0.25, 0.3) is 0 Å². The topological polar surface area (TPSA) is 52.0 Å². The van der Waals surface area contributed by atoms with Gasteiger partial charge in [0.1, 0.15) is 0 Å². The minimum Gasteiger partial charge on any atom is -0.326 e. The van der Waals surface area contributed by atoms with Crippen LogP contribution in [0.3, 0.4) is 0 Å². The molecule has 4 atom stereocenters. The third-order valence-electron chi connectivity index (χ3n) is 3.05. The molecule has 9 heavy (non-hydrogen) atoms. The lowest BCUT2D eigenvalue weighted by Crippen LogP contribution is -2.45. The van der Waals surface area contributed by atoms with E-state index in [0.717, 1.165) is 11.8 Å². The third kappa shape index (κ3) is 0.634. The molecule has 2 nitrogen and oxygen atoms in total. The van der Waals surface area contributed by atoms with Crippen molar-refractivity contribution >= 4 is 0 Å². The average molecular weight is 126 g/mol. The summed E-state index contributed by atoms with van der Waals surface area (Å²) < 4.78 is 0. The molecule has 0 heterocycles. The van der Waals surface area contributed by atoms with E-state index in [1.54, 1.807) is 0 Å². The van der Waals surface area contributed by atoms with Gasteiger partial charge in [0.05, 0.1) is 0 Å². The first-order chi connectivity index (χ1) is 4.29. The predicted octanol–water partition coefficient (Wildman–Crippen LogP) is 0.0709. The van der Waals surface area contributed by atoms with Crippen LogP contribution >= 0.6 is 0 Å². The summed E-state index contributed by atoms with van der Waals surface area (Å²) in [5.74, 6) is 1.54. The fraction of sp³-hybridized carbons (Fsp3) is 1.00. The Balaban J connectivity index is 2.15. The van der Waals surface area contributed by atoms with E-state index in [1.165, 1.54) is 19.3 Å². The van der Waals surface area contributed by atoms with Crippen LogP contribution in [0.4, 0.5) is 0 Å². The lowest BCUT2D eigenvalue weighted by Gasteiger charge is -2.23. The molecule has 0 aromatic rings. The van der Waals surface area contributed by atoms with Gasteiger partial charge in [-0.3, -0.25) is 0 Å². The molecular weight excluding hydrogens is 112 g/mol. The van der Waals surface area contributed by atoms with Crippen molar-refractivity contribution in [1.82, 2.24) is 0 Å². The summed E-state index contributed by atoms with van der Waals surface area (Å²) in [6.45, 7) is 0. The van der Waals surface area contributed by atoms with E-state index < -0.39 is 0 Å². The molecular formula is C7H14N2. The summed E-state index contributed by atoms with van der Waals surface area (Å²) in [4.78, 5) is 0. The molecule has 2 heteroatoms. The van der Waals surface area contributed by atoms with Crippen molar-refractivity contribution in [2.24, 2.45) is 23.3 Å². The normalized spacial score (nSPS) is 56.7. The van der Waals surface area contributed by atoms with E-state index in [2.05, 4.69) is 0 Å². The highest BCUT2D eigenvalue weighted by Gasteiger charge is 2.43. The summed E-state index contributed by atoms with van der Waals surface area (Å²) >= 11 is 0. The lowest BCUT2D eigenvalue weighted by atomic mass is 9.92. The second-order valence-corrected chi connectivity index (χ2v) is 3.49. The summed E-state index contributed by atoms with van der Waals surface area (Å²) in [5, 5.41) is 0. The fourth-order valence-corrected chi connectivity index (χ4v) is 2.38. The van der Waals surface area contributed by atoms with Gasteiger partial charge >= 0.3 is 0 Å². The van der Waals surface area contributed by atoms with Crippen molar-refractivity contribution in [3.05, 3.63) is 0 Å². The lowest BCUT2D eigenvalue weighted by molar-refractivity contribution is 0.365. The Morgan fingerprint density at radius 2 is 1.33 bits per heavy atom. The summed E-state index contributed by atoms with van der Waals surface area (Å²) in [6, 6.07) is 0.646. The highest BCUT2D eigenvalue weighted by atomic mass is 14.8. The molecule has 2 rings (SSSR count). The van der Waals surface area contributed by atoms with E-state index >= 15 is 0 Å². The standard InChI is InChI=1S/C7H14N2/c8-6-4-1-2-5(3-4)7(6)9/h4-7H,1-3,8-9H2/t4?,5?,6-,7-/m0/s1. The molecule has 0 radical (unpaired) electrons. The van der Waals surface area contributed by atoms with E-state index in [4.69, 9.17) is 11.5 Å². The van der Waals surface area contributed by atoms with Gasteiger partial charge in [0, 0.05) is 12.1 Å². The Bertz CT molecular complexity index is 106. The van der Waals surface area contributed by atoms with Gasteiger partial charge in [-0.05, 0) is 31.1 Å². The maximum absolute atomic E-state index is 5.84. The first kappa shape index (κ1) is 5.69. The Labute approximate surface area is 55.6 Å². The Morgan fingerprint density at radius 3 is 1.56 bits per heavy atom. The monoisotopic (exact) mass is 126 g/mol. The highest BCUT2D eigenvalue weighted by molar-refractivity contribution is 5.01. The van der Waals surface area contributed by atoms with E-state index in [-0.39, 0.29) is 0 Å². The Kier molecular flexibility index (Phi) is 1.08. The summed E-state index contributed by atoms with van der Waals surface area (Å²) in [5.41, 5.74) is 11.7. The summed E-state index contributed by atoms with van der Waals surface area (Å²) in [6.07, 6.45) is 3.97. The van der Waals surface area contributed by atoms with Gasteiger partial charge in [-0.15, -0.1) is 0 Å². The number of fused-ring (bicyclic) bond motifs is 2. The van der Waals surface area contributed by atoms with Gasteiger partial charge < -0.3 is 11.5 Å². The van der Waals surface area contributed by atoms with Crippen LogP contribution in [-0.4, -0.2) is 12.1 Å². The Morgan fingerprint density at radius 1 is 0.889 bits per heavy atom. The number of hydrogen-bond donors (Lipinski definition) is 2. The van der Waals surface area contributed by atoms with Crippen molar-refractivity contribution in [2.45, 2.75) is 31.3 Å². The molecule has 4 N–H and O–H groups in total. The van der Waals surface area contributed by atoms with Crippen LogP contribution in [0.5, 0.6) is 0 Å². The number of hydrogen-bond acceptors (Lipinski definition) is 2. The second kappa shape index (κ2) is 1.70. The van der Waals surface area contributed by atoms with E-state index in [0.29, 0.717) is 12.1 Å². The van der Waals surface area contributed by atoms with Crippen LogP contribution in [0.2, 0.25) is 0 Å². The van der Waals surface area contributed by atoms with Crippen molar-refractivity contribution in [2.75, 3.05) is 0 Å². The molecule has 0 saturated heterocycles. The zero-order chi connectivity index (χ0) is 6.43. The number of nitrogens with two attached hydrogens (primary N) is 2. The average Bonchev–Trinajstić information content (AvgIpc) is 2.37. The largest absolute Gasteiger partial charge is 0.326 e. The molecule has 2 saturated carbocycles. The first-order valence-corrected chi connectivity index (χ1v) is 3.80. The second-order valence-electron chi connectivity index (χ2n) is 3.49. The van der Waals surface area contributed by atoms with Crippen LogP contribution in [0, 0.1) is 11.8 Å². The smallest absolute Gasteiger partial charge is 0.0223 e. The first-order valence-electron chi connectivity index (χ1n) is 3.80. The van der Waals surface area contributed by atoms with Crippen LogP contribution in [0.25, 0.3) is 0 Å². The molecule has 2 unspecified atom stereocenters. The Hall–Kier alpha value is -0.0800. The molecule has 2 aliphatic carbocycles. The van der Waals surface area contributed by atoms with E-state index in [1.807, 2.05) is 0 Å². The molecule has 52 valence electrons. The van der Waals surface area contributed by atoms with Gasteiger partial charge in [-0.1, -0.05) is 0 Å². The number of rotatable bonds is 0. The molecule has 2 aliphatic rings. The molecule has 0 amide bonds. The molecule has 0 aliphatic heterocycles. The van der Waals surface area contributed by atoms with Crippen LogP contribution < -0.4 is 11.5 Å². The van der Waals surface area contributed by atoms with Crippen molar-refractivity contribution in [1.29, 1.82) is 0 Å². The fourth-order valence-electron chi connectivity index (χ4n) is 2.38. The van der Waals surface area contributed by atoms with Crippen LogP contribution in [0.15, 0.2) is 0 Å². The van der Waals surface area contributed by atoms with Crippen LogP contribution in [-0.2, 0) is 0 Å². The minimum absolute atomic E-state index is 0.323. The maximum Gasteiger partial charge on any atom is 0.0223 e. The van der Waals surface area contributed by atoms with Crippen molar-refractivity contribution in [3.63, 3.8) is 0 Å². The van der Waals surface area contributed by atoms with Gasteiger partial charge in [0.15, 0.2) is 0 Å². The minimum atomic E-state index is 0.323. The SMILES string of the molecule is N[C@H]1C2CCC(C2)[C@@H]1N. The van der Waals surface area contributed by atoms with Crippen LogP contribution in [0.1, 0.15) is 19.3 Å².